The lowest BCUT2D eigenvalue weighted by molar-refractivity contribution is -0.143. The number of aliphatic hydroxyl groups excluding tert-OH is 1. The van der Waals surface area contributed by atoms with Gasteiger partial charge in [-0.25, -0.2) is 4.52 Å². The number of pyridine rings is 1. The molecule has 7 nitrogen and oxygen atoms in total. The van der Waals surface area contributed by atoms with Gasteiger partial charge in [0.15, 0.2) is 5.69 Å². The Balaban J connectivity index is 1.38. The Morgan fingerprint density at radius 1 is 1.24 bits per heavy atom. The van der Waals surface area contributed by atoms with Gasteiger partial charge in [0.05, 0.1) is 16.6 Å². The van der Waals surface area contributed by atoms with Gasteiger partial charge in [0.25, 0.3) is 5.91 Å². The number of hydrogen-bond donors (Lipinski definition) is 1. The van der Waals surface area contributed by atoms with Crippen LogP contribution in [0, 0.1) is 5.92 Å². The normalized spacial score (nSPS) is 24.8. The van der Waals surface area contributed by atoms with Gasteiger partial charge >= 0.3 is 6.18 Å². The molecule has 0 radical (unpaired) electrons. The molecular weight excluding hydrogens is 461 g/mol. The molecular formula is C22H24ClF3N4O3. The molecule has 3 aliphatic rings. The molecule has 2 saturated carbocycles. The zero-order valence-corrected chi connectivity index (χ0v) is 18.7. The average molecular weight is 485 g/mol. The molecule has 3 fully saturated rings. The highest BCUT2D eigenvalue weighted by Gasteiger charge is 2.42. The van der Waals surface area contributed by atoms with Crippen LogP contribution in [-0.4, -0.2) is 68.1 Å². The minimum absolute atomic E-state index is 0.0420. The van der Waals surface area contributed by atoms with E-state index in [2.05, 4.69) is 5.10 Å². The molecule has 1 atom stereocenters. The van der Waals surface area contributed by atoms with E-state index in [1.807, 2.05) is 0 Å². The van der Waals surface area contributed by atoms with E-state index in [9.17, 15) is 27.9 Å². The minimum atomic E-state index is -4.66. The van der Waals surface area contributed by atoms with Crippen LogP contribution in [0.1, 0.15) is 60.3 Å². The van der Waals surface area contributed by atoms with Crippen LogP contribution in [0.4, 0.5) is 13.2 Å². The van der Waals surface area contributed by atoms with E-state index in [0.29, 0.717) is 16.6 Å². The SMILES string of the molecule is CC(O)[C@H]1C[C@H](N2CCN(C(=O)c3nn4c(C(F)(F)F)cc(C5CC5)cc4c3Cl)CC2=O)C1. The second kappa shape index (κ2) is 7.87. The third-order valence-corrected chi connectivity index (χ3v) is 7.43. The van der Waals surface area contributed by atoms with Crippen LogP contribution in [-0.2, 0) is 11.0 Å². The van der Waals surface area contributed by atoms with Crippen LogP contribution in [0.25, 0.3) is 5.52 Å². The van der Waals surface area contributed by atoms with Crippen molar-refractivity contribution >= 4 is 28.9 Å². The standard InChI is InChI=1S/C22H24ClF3N4O3/c1-11(31)13-6-15(7-13)29-5-4-28(10-18(29)32)21(33)20-19(23)16-8-14(12-2-3-12)9-17(22(24,25)26)30(16)27-20/h8-9,11-13,15,31H,2-7,10H2,1H3/t11?,13-,15-. The molecule has 0 bridgehead atoms. The van der Waals surface area contributed by atoms with E-state index in [-0.39, 0.29) is 53.1 Å². The Hall–Kier alpha value is -2.33. The number of hydrogen-bond acceptors (Lipinski definition) is 4. The molecule has 2 aromatic rings. The van der Waals surface area contributed by atoms with Crippen LogP contribution in [0.15, 0.2) is 12.1 Å². The fraction of sp³-hybridized carbons (Fsp3) is 0.591. The lowest BCUT2D eigenvalue weighted by atomic mass is 9.76. The highest BCUT2D eigenvalue weighted by atomic mass is 35.5. The maximum Gasteiger partial charge on any atom is 0.433 e. The molecule has 5 rings (SSSR count). The zero-order valence-electron chi connectivity index (χ0n) is 18.0. The monoisotopic (exact) mass is 484 g/mol. The molecule has 1 N–H and O–H groups in total. The summed E-state index contributed by atoms with van der Waals surface area (Å²) < 4.78 is 41.8. The first-order chi connectivity index (χ1) is 15.5. The maximum absolute atomic E-state index is 13.7. The summed E-state index contributed by atoms with van der Waals surface area (Å²) in [6.07, 6.45) is -2.00. The molecule has 33 heavy (non-hydrogen) atoms. The van der Waals surface area contributed by atoms with Gasteiger partial charge in [-0.05, 0) is 62.1 Å². The maximum atomic E-state index is 13.7. The van der Waals surface area contributed by atoms with Gasteiger partial charge in [0, 0.05) is 19.1 Å². The number of piperazine rings is 1. The van der Waals surface area contributed by atoms with Crippen LogP contribution in [0.2, 0.25) is 5.02 Å². The van der Waals surface area contributed by atoms with E-state index < -0.39 is 23.9 Å². The largest absolute Gasteiger partial charge is 0.433 e. The molecule has 1 saturated heterocycles. The van der Waals surface area contributed by atoms with Crippen LogP contribution < -0.4 is 0 Å². The number of aromatic nitrogens is 2. The van der Waals surface area contributed by atoms with Crippen LogP contribution >= 0.6 is 11.6 Å². The second-order valence-corrected chi connectivity index (χ2v) is 9.72. The summed E-state index contributed by atoms with van der Waals surface area (Å²) in [5.41, 5.74) is -0.675. The summed E-state index contributed by atoms with van der Waals surface area (Å²) in [7, 11) is 0. The molecule has 0 aromatic carbocycles. The van der Waals surface area contributed by atoms with E-state index in [4.69, 9.17) is 11.6 Å². The van der Waals surface area contributed by atoms with Gasteiger partial charge in [-0.3, -0.25) is 9.59 Å². The summed E-state index contributed by atoms with van der Waals surface area (Å²) in [6.45, 7) is 2.12. The highest BCUT2D eigenvalue weighted by Crippen LogP contribution is 2.43. The van der Waals surface area contributed by atoms with E-state index in [1.54, 1.807) is 17.9 Å². The van der Waals surface area contributed by atoms with E-state index in [0.717, 1.165) is 31.7 Å². The fourth-order valence-corrected chi connectivity index (χ4v) is 5.06. The second-order valence-electron chi connectivity index (χ2n) is 9.35. The van der Waals surface area contributed by atoms with Crippen molar-refractivity contribution < 1.29 is 27.9 Å². The number of halogens is 4. The van der Waals surface area contributed by atoms with Gasteiger partial charge in [0.2, 0.25) is 5.91 Å². The minimum Gasteiger partial charge on any atom is -0.393 e. The third kappa shape index (κ3) is 3.97. The van der Waals surface area contributed by atoms with Crippen molar-refractivity contribution in [2.24, 2.45) is 5.92 Å². The van der Waals surface area contributed by atoms with Gasteiger partial charge < -0.3 is 14.9 Å². The first-order valence-electron chi connectivity index (χ1n) is 11.1. The molecule has 3 heterocycles. The Bertz CT molecular complexity index is 1120. The first kappa shape index (κ1) is 22.5. The van der Waals surface area contributed by atoms with Crippen LogP contribution in [0.5, 0.6) is 0 Å². The van der Waals surface area contributed by atoms with Gasteiger partial charge in [-0.1, -0.05) is 11.6 Å². The Kier molecular flexibility index (Phi) is 5.36. The molecule has 2 aromatic heterocycles. The average Bonchev–Trinajstić information content (AvgIpc) is 3.50. The molecule has 2 amide bonds. The highest BCUT2D eigenvalue weighted by molar-refractivity contribution is 6.36. The lowest BCUT2D eigenvalue weighted by Gasteiger charge is -2.47. The number of carbonyl (C=O) groups excluding carboxylic acids is 2. The van der Waals surface area contributed by atoms with Crippen molar-refractivity contribution in [3.8, 4) is 0 Å². The summed E-state index contributed by atoms with van der Waals surface area (Å²) in [6, 6.07) is 2.68. The predicted octanol–water partition coefficient (Wildman–Crippen LogP) is 3.33. The zero-order chi connectivity index (χ0) is 23.7. The fourth-order valence-electron chi connectivity index (χ4n) is 4.80. The van der Waals surface area contributed by atoms with Crippen molar-refractivity contribution in [3.63, 3.8) is 0 Å². The summed E-state index contributed by atoms with van der Waals surface area (Å²) in [5, 5.41) is 13.4. The quantitative estimate of drug-likeness (QED) is 0.722. The van der Waals surface area contributed by atoms with E-state index in [1.165, 1.54) is 4.90 Å². The molecule has 178 valence electrons. The number of nitrogens with zero attached hydrogens (tertiary/aromatic N) is 4. The van der Waals surface area contributed by atoms with Crippen molar-refractivity contribution in [2.45, 2.75) is 56.8 Å². The third-order valence-electron chi connectivity index (χ3n) is 7.05. The number of amides is 2. The van der Waals surface area contributed by atoms with Crippen molar-refractivity contribution in [1.29, 1.82) is 0 Å². The van der Waals surface area contributed by atoms with Gasteiger partial charge in [-0.2, -0.15) is 18.3 Å². The Morgan fingerprint density at radius 3 is 2.52 bits per heavy atom. The number of aliphatic hydroxyl groups is 1. The lowest BCUT2D eigenvalue weighted by Crippen LogP contribution is -2.59. The molecule has 0 spiro atoms. The number of fused-ring (bicyclic) bond motifs is 1. The summed E-state index contributed by atoms with van der Waals surface area (Å²) >= 11 is 6.37. The molecule has 1 aliphatic heterocycles. The Labute approximate surface area is 193 Å². The van der Waals surface area contributed by atoms with Crippen molar-refractivity contribution in [1.82, 2.24) is 19.4 Å². The van der Waals surface area contributed by atoms with E-state index >= 15 is 0 Å². The van der Waals surface area contributed by atoms with Crippen molar-refractivity contribution in [3.05, 3.63) is 34.1 Å². The topological polar surface area (TPSA) is 78.2 Å². The molecule has 2 aliphatic carbocycles. The van der Waals surface area contributed by atoms with Crippen LogP contribution in [0.3, 0.4) is 0 Å². The molecule has 11 heteroatoms. The number of carbonyl (C=O) groups is 2. The summed E-state index contributed by atoms with van der Waals surface area (Å²) in [5.74, 6) is -0.654. The number of rotatable bonds is 4. The predicted molar refractivity (Wildman–Crippen MR) is 113 cm³/mol. The number of alkyl halides is 3. The summed E-state index contributed by atoms with van der Waals surface area (Å²) in [4.78, 5) is 28.8. The smallest absolute Gasteiger partial charge is 0.393 e. The Morgan fingerprint density at radius 2 is 1.94 bits per heavy atom. The first-order valence-corrected chi connectivity index (χ1v) is 11.5. The van der Waals surface area contributed by atoms with Crippen molar-refractivity contribution in [2.75, 3.05) is 19.6 Å². The molecule has 1 unspecified atom stereocenters. The van der Waals surface area contributed by atoms with Gasteiger partial charge in [-0.15, -0.1) is 0 Å². The van der Waals surface area contributed by atoms with Gasteiger partial charge in [0.1, 0.15) is 12.2 Å².